The summed E-state index contributed by atoms with van der Waals surface area (Å²) >= 11 is 0. The quantitative estimate of drug-likeness (QED) is 0.886. The molecule has 1 aromatic carbocycles. The second-order valence-electron chi connectivity index (χ2n) is 5.51. The summed E-state index contributed by atoms with van der Waals surface area (Å²) in [5.74, 6) is 0.392. The number of benzene rings is 1. The first-order valence-corrected chi connectivity index (χ1v) is 6.77. The van der Waals surface area contributed by atoms with Crippen molar-refractivity contribution in [2.24, 2.45) is 5.92 Å². The molecule has 4 nitrogen and oxygen atoms in total. The van der Waals surface area contributed by atoms with Gasteiger partial charge in [0.1, 0.15) is 11.9 Å². The van der Waals surface area contributed by atoms with Crippen LogP contribution in [0.4, 0.5) is 0 Å². The Bertz CT molecular complexity index is 445. The second-order valence-corrected chi connectivity index (χ2v) is 5.51. The third kappa shape index (κ3) is 3.96. The molecule has 0 bridgehead atoms. The highest BCUT2D eigenvalue weighted by Crippen LogP contribution is 2.20. The van der Waals surface area contributed by atoms with Gasteiger partial charge in [0.2, 0.25) is 0 Å². The minimum atomic E-state index is -0.918. The Hall–Kier alpha value is -1.55. The van der Waals surface area contributed by atoms with E-state index in [2.05, 4.69) is 18.7 Å². The molecule has 0 saturated carbocycles. The molecule has 0 amide bonds. The van der Waals surface area contributed by atoms with E-state index in [4.69, 9.17) is 9.84 Å². The first-order chi connectivity index (χ1) is 9.04. The Labute approximate surface area is 114 Å². The van der Waals surface area contributed by atoms with Crippen LogP contribution < -0.4 is 4.74 Å². The van der Waals surface area contributed by atoms with E-state index in [0.29, 0.717) is 11.7 Å². The molecular weight excluding hydrogens is 242 g/mol. The number of ether oxygens (including phenoxy) is 1. The van der Waals surface area contributed by atoms with Crippen molar-refractivity contribution in [3.8, 4) is 5.75 Å². The molecule has 1 atom stereocenters. The molecule has 1 aromatic rings. The summed E-state index contributed by atoms with van der Waals surface area (Å²) in [6.45, 7) is 7.50. The van der Waals surface area contributed by atoms with Gasteiger partial charge in [0.15, 0.2) is 0 Å². The summed E-state index contributed by atoms with van der Waals surface area (Å²) in [6.07, 6.45) is 1.17. The molecule has 1 saturated heterocycles. The van der Waals surface area contributed by atoms with Crippen LogP contribution in [0.15, 0.2) is 24.3 Å². The predicted molar refractivity (Wildman–Crippen MR) is 73.7 cm³/mol. The molecule has 0 aliphatic carbocycles. The van der Waals surface area contributed by atoms with Crippen molar-refractivity contribution in [2.45, 2.75) is 26.4 Å². The highest BCUT2D eigenvalue weighted by Gasteiger charge is 2.24. The van der Waals surface area contributed by atoms with Crippen molar-refractivity contribution in [1.82, 2.24) is 4.90 Å². The maximum Gasteiger partial charge on any atom is 0.335 e. The second kappa shape index (κ2) is 6.06. The third-order valence-electron chi connectivity index (χ3n) is 3.24. The lowest BCUT2D eigenvalue weighted by molar-refractivity contribution is 0.0696. The van der Waals surface area contributed by atoms with Crippen LogP contribution in [0.3, 0.4) is 0 Å². The van der Waals surface area contributed by atoms with Gasteiger partial charge in [-0.2, -0.15) is 0 Å². The SMILES string of the molecule is CC(C)CN1CCC(Oc2cccc(C(=O)O)c2)C1. The van der Waals surface area contributed by atoms with Gasteiger partial charge in [-0.3, -0.25) is 4.90 Å². The van der Waals surface area contributed by atoms with Gasteiger partial charge in [-0.15, -0.1) is 0 Å². The number of carboxylic acid groups (broad SMARTS) is 1. The first kappa shape index (κ1) is 13.9. The van der Waals surface area contributed by atoms with Gasteiger partial charge in [0, 0.05) is 19.6 Å². The highest BCUT2D eigenvalue weighted by atomic mass is 16.5. The van der Waals surface area contributed by atoms with E-state index in [1.165, 1.54) is 0 Å². The number of rotatable bonds is 5. The zero-order valence-corrected chi connectivity index (χ0v) is 11.5. The average molecular weight is 263 g/mol. The molecule has 0 spiro atoms. The number of aromatic carboxylic acids is 1. The van der Waals surface area contributed by atoms with E-state index in [1.807, 2.05) is 6.07 Å². The Kier molecular flexibility index (Phi) is 4.43. The fourth-order valence-electron chi connectivity index (χ4n) is 2.47. The van der Waals surface area contributed by atoms with Crippen LogP contribution in [-0.4, -0.2) is 41.7 Å². The Morgan fingerprint density at radius 3 is 3.00 bits per heavy atom. The van der Waals surface area contributed by atoms with Gasteiger partial charge in [-0.1, -0.05) is 19.9 Å². The zero-order valence-electron chi connectivity index (χ0n) is 11.5. The molecule has 1 aliphatic heterocycles. The monoisotopic (exact) mass is 263 g/mol. The number of carboxylic acids is 1. The van der Waals surface area contributed by atoms with Crippen LogP contribution in [0, 0.1) is 5.92 Å². The highest BCUT2D eigenvalue weighted by molar-refractivity contribution is 5.87. The summed E-state index contributed by atoms with van der Waals surface area (Å²) in [6, 6.07) is 6.71. The third-order valence-corrected chi connectivity index (χ3v) is 3.24. The van der Waals surface area contributed by atoms with Crippen LogP contribution in [0.5, 0.6) is 5.75 Å². The van der Waals surface area contributed by atoms with Crippen LogP contribution >= 0.6 is 0 Å². The van der Waals surface area contributed by atoms with E-state index in [9.17, 15) is 4.79 Å². The molecule has 104 valence electrons. The smallest absolute Gasteiger partial charge is 0.335 e. The van der Waals surface area contributed by atoms with Crippen molar-refractivity contribution in [3.05, 3.63) is 29.8 Å². The summed E-state index contributed by atoms with van der Waals surface area (Å²) in [5, 5.41) is 8.95. The van der Waals surface area contributed by atoms with E-state index in [-0.39, 0.29) is 11.7 Å². The average Bonchev–Trinajstić information content (AvgIpc) is 2.76. The van der Waals surface area contributed by atoms with Gasteiger partial charge in [-0.05, 0) is 30.5 Å². The number of hydrogen-bond acceptors (Lipinski definition) is 3. The van der Waals surface area contributed by atoms with E-state index in [0.717, 1.165) is 26.1 Å². The molecule has 2 rings (SSSR count). The normalized spacial score (nSPS) is 19.8. The van der Waals surface area contributed by atoms with Crippen LogP contribution in [0.2, 0.25) is 0 Å². The molecule has 19 heavy (non-hydrogen) atoms. The molecular formula is C15H21NO3. The van der Waals surface area contributed by atoms with Crippen molar-refractivity contribution < 1.29 is 14.6 Å². The molecule has 0 radical (unpaired) electrons. The topological polar surface area (TPSA) is 49.8 Å². The largest absolute Gasteiger partial charge is 0.489 e. The van der Waals surface area contributed by atoms with Gasteiger partial charge in [-0.25, -0.2) is 4.79 Å². The minimum Gasteiger partial charge on any atom is -0.489 e. The minimum absolute atomic E-state index is 0.169. The van der Waals surface area contributed by atoms with Crippen molar-refractivity contribution in [2.75, 3.05) is 19.6 Å². The number of hydrogen-bond donors (Lipinski definition) is 1. The summed E-state index contributed by atoms with van der Waals surface area (Å²) in [5.41, 5.74) is 0.273. The van der Waals surface area contributed by atoms with Crippen molar-refractivity contribution in [1.29, 1.82) is 0 Å². The van der Waals surface area contributed by atoms with Gasteiger partial charge in [0.05, 0.1) is 5.56 Å². The fraction of sp³-hybridized carbons (Fsp3) is 0.533. The molecule has 1 unspecified atom stereocenters. The molecule has 1 heterocycles. The summed E-state index contributed by atoms with van der Waals surface area (Å²) in [4.78, 5) is 13.3. The molecule has 4 heteroatoms. The Morgan fingerprint density at radius 2 is 2.32 bits per heavy atom. The standard InChI is InChI=1S/C15H21NO3/c1-11(2)9-16-7-6-14(10-16)19-13-5-3-4-12(8-13)15(17)18/h3-5,8,11,14H,6-7,9-10H2,1-2H3,(H,17,18). The number of likely N-dealkylation sites (tertiary alicyclic amines) is 1. The molecule has 0 aromatic heterocycles. The van der Waals surface area contributed by atoms with E-state index < -0.39 is 5.97 Å². The Balaban J connectivity index is 1.92. The number of carbonyl (C=O) groups is 1. The van der Waals surface area contributed by atoms with E-state index >= 15 is 0 Å². The molecule has 1 aliphatic rings. The van der Waals surface area contributed by atoms with Gasteiger partial charge in [0.25, 0.3) is 0 Å². The van der Waals surface area contributed by atoms with Crippen LogP contribution in [0.1, 0.15) is 30.6 Å². The Morgan fingerprint density at radius 1 is 1.53 bits per heavy atom. The lowest BCUT2D eigenvalue weighted by Crippen LogP contribution is -2.28. The van der Waals surface area contributed by atoms with Crippen molar-refractivity contribution >= 4 is 5.97 Å². The molecule has 1 fully saturated rings. The first-order valence-electron chi connectivity index (χ1n) is 6.77. The van der Waals surface area contributed by atoms with Crippen LogP contribution in [-0.2, 0) is 0 Å². The maximum absolute atomic E-state index is 10.9. The summed E-state index contributed by atoms with van der Waals surface area (Å²) < 4.78 is 5.87. The molecule has 1 N–H and O–H groups in total. The number of nitrogens with zero attached hydrogens (tertiary/aromatic N) is 1. The van der Waals surface area contributed by atoms with Crippen LogP contribution in [0.25, 0.3) is 0 Å². The van der Waals surface area contributed by atoms with Gasteiger partial charge < -0.3 is 9.84 Å². The zero-order chi connectivity index (χ0) is 13.8. The van der Waals surface area contributed by atoms with E-state index in [1.54, 1.807) is 18.2 Å². The van der Waals surface area contributed by atoms with Crippen molar-refractivity contribution in [3.63, 3.8) is 0 Å². The summed E-state index contributed by atoms with van der Waals surface area (Å²) in [7, 11) is 0. The lowest BCUT2D eigenvalue weighted by atomic mass is 10.2. The maximum atomic E-state index is 10.9. The predicted octanol–water partition coefficient (Wildman–Crippen LogP) is 2.49. The van der Waals surface area contributed by atoms with Gasteiger partial charge >= 0.3 is 5.97 Å². The fourth-order valence-corrected chi connectivity index (χ4v) is 2.47. The lowest BCUT2D eigenvalue weighted by Gasteiger charge is -2.18.